The summed E-state index contributed by atoms with van der Waals surface area (Å²) in [6.45, 7) is 0.948. The largest absolute Gasteiger partial charge is 0.370 e. The number of nitrogens with zero attached hydrogens (tertiary/aromatic N) is 1. The summed E-state index contributed by atoms with van der Waals surface area (Å²) in [5.74, 6) is 8.93. The van der Waals surface area contributed by atoms with Crippen LogP contribution in [0.25, 0.3) is 0 Å². The van der Waals surface area contributed by atoms with Crippen molar-refractivity contribution in [3.05, 3.63) is 52.5 Å². The number of carbonyl (C=O) groups is 2. The Morgan fingerprint density at radius 1 is 1.20 bits per heavy atom. The van der Waals surface area contributed by atoms with Crippen molar-refractivity contribution in [2.45, 2.75) is 25.0 Å². The number of benzene rings is 1. The first-order chi connectivity index (χ1) is 14.3. The molecule has 30 heavy (non-hydrogen) atoms. The van der Waals surface area contributed by atoms with Gasteiger partial charge in [-0.3, -0.25) is 14.8 Å². The van der Waals surface area contributed by atoms with Crippen LogP contribution in [0.15, 0.2) is 36.5 Å². The van der Waals surface area contributed by atoms with Crippen LogP contribution in [0.2, 0.25) is 0 Å². The Balaban J connectivity index is 2.13. The van der Waals surface area contributed by atoms with E-state index >= 15 is 0 Å². The van der Waals surface area contributed by atoms with Crippen LogP contribution in [0, 0.1) is 23.7 Å². The van der Waals surface area contributed by atoms with Gasteiger partial charge in [0, 0.05) is 24.4 Å². The van der Waals surface area contributed by atoms with Crippen molar-refractivity contribution in [1.29, 1.82) is 0 Å². The van der Waals surface area contributed by atoms with Gasteiger partial charge in [0.1, 0.15) is 6.04 Å². The quantitative estimate of drug-likeness (QED) is 0.367. The maximum absolute atomic E-state index is 13.4. The molecule has 0 aliphatic rings. The molecular weight excluding hydrogens is 416 g/mol. The molecule has 2 amide bonds. The lowest BCUT2D eigenvalue weighted by Gasteiger charge is -2.34. The first-order valence-corrected chi connectivity index (χ1v) is 9.20. The lowest BCUT2D eigenvalue weighted by molar-refractivity contribution is -0.157. The van der Waals surface area contributed by atoms with E-state index in [0.29, 0.717) is 5.56 Å². The number of methoxy groups -OCH3 is 1. The molecule has 1 unspecified atom stereocenters. The summed E-state index contributed by atoms with van der Waals surface area (Å²) >= 11 is 1.25. The minimum absolute atomic E-state index is 0.0970. The molecule has 1 aromatic heterocycles. The Hall–Kier alpha value is -3.31. The molecular formula is C20H17F2N3O4S. The van der Waals surface area contributed by atoms with Gasteiger partial charge in [-0.05, 0) is 66.5 Å². The Bertz CT molecular complexity index is 1000. The SMILES string of the molecule is COC(C)(C(F)F)[C@H](NC(=O)c1ccc(C#CC#Cc2ccns2)cc1)C(=O)NO. The van der Waals surface area contributed by atoms with Crippen molar-refractivity contribution in [2.75, 3.05) is 7.11 Å². The van der Waals surface area contributed by atoms with Gasteiger partial charge in [-0.15, -0.1) is 0 Å². The van der Waals surface area contributed by atoms with Crippen molar-refractivity contribution >= 4 is 23.3 Å². The second kappa shape index (κ2) is 10.5. The molecule has 10 heteroatoms. The molecule has 7 nitrogen and oxygen atoms in total. The fourth-order valence-electron chi connectivity index (χ4n) is 2.26. The van der Waals surface area contributed by atoms with Crippen LogP contribution in [0.5, 0.6) is 0 Å². The maximum Gasteiger partial charge on any atom is 0.269 e. The summed E-state index contributed by atoms with van der Waals surface area (Å²) in [5.41, 5.74) is -0.423. The molecule has 0 saturated heterocycles. The first-order valence-electron chi connectivity index (χ1n) is 8.42. The van der Waals surface area contributed by atoms with Gasteiger partial charge in [0.25, 0.3) is 18.2 Å². The maximum atomic E-state index is 13.4. The van der Waals surface area contributed by atoms with E-state index in [-0.39, 0.29) is 5.56 Å². The molecule has 0 aliphatic heterocycles. The van der Waals surface area contributed by atoms with Crippen LogP contribution in [0.3, 0.4) is 0 Å². The number of alkyl halides is 2. The first kappa shape index (κ1) is 23.0. The third-order valence-corrected chi connectivity index (χ3v) is 4.80. The van der Waals surface area contributed by atoms with E-state index in [1.807, 2.05) is 0 Å². The Kier molecular flexibility index (Phi) is 8.01. The Labute approximate surface area is 175 Å². The molecule has 1 heterocycles. The van der Waals surface area contributed by atoms with Crippen LogP contribution in [0.1, 0.15) is 27.7 Å². The van der Waals surface area contributed by atoms with Crippen LogP contribution in [0.4, 0.5) is 8.78 Å². The van der Waals surface area contributed by atoms with Gasteiger partial charge in [0.05, 0.1) is 4.88 Å². The normalized spacial score (nSPS) is 13.1. The molecule has 156 valence electrons. The van der Waals surface area contributed by atoms with Crippen molar-refractivity contribution in [2.24, 2.45) is 0 Å². The molecule has 0 aliphatic carbocycles. The highest BCUT2D eigenvalue weighted by Crippen LogP contribution is 2.24. The monoisotopic (exact) mass is 433 g/mol. The van der Waals surface area contributed by atoms with Gasteiger partial charge in [0.2, 0.25) is 0 Å². The average Bonchev–Trinajstić information content (AvgIpc) is 3.27. The predicted molar refractivity (Wildman–Crippen MR) is 105 cm³/mol. The van der Waals surface area contributed by atoms with Gasteiger partial charge in [0.15, 0.2) is 5.60 Å². The molecule has 0 radical (unpaired) electrons. The van der Waals surface area contributed by atoms with E-state index in [9.17, 15) is 18.4 Å². The summed E-state index contributed by atoms with van der Waals surface area (Å²) in [4.78, 5) is 25.1. The molecule has 0 saturated carbocycles. The van der Waals surface area contributed by atoms with E-state index in [2.05, 4.69) is 33.4 Å². The molecule has 0 bridgehead atoms. The smallest absolute Gasteiger partial charge is 0.269 e. The molecule has 0 spiro atoms. The third-order valence-electron chi connectivity index (χ3n) is 4.13. The number of hydrogen-bond acceptors (Lipinski definition) is 6. The van der Waals surface area contributed by atoms with Crippen LogP contribution >= 0.6 is 11.5 Å². The topological polar surface area (TPSA) is 101 Å². The summed E-state index contributed by atoms with van der Waals surface area (Å²) in [5, 5.41) is 11.0. The zero-order valence-electron chi connectivity index (χ0n) is 15.9. The minimum Gasteiger partial charge on any atom is -0.370 e. The fraction of sp³-hybridized carbons (Fsp3) is 0.250. The lowest BCUT2D eigenvalue weighted by Crippen LogP contribution is -2.62. The van der Waals surface area contributed by atoms with E-state index < -0.39 is 29.9 Å². The van der Waals surface area contributed by atoms with Crippen LogP contribution in [-0.2, 0) is 9.53 Å². The number of carbonyl (C=O) groups excluding carboxylic acids is 2. The second-order valence-electron chi connectivity index (χ2n) is 6.03. The summed E-state index contributed by atoms with van der Waals surface area (Å²) in [7, 11) is 0.974. The number of rotatable bonds is 6. The molecule has 3 N–H and O–H groups in total. The van der Waals surface area contributed by atoms with E-state index in [0.717, 1.165) is 18.9 Å². The summed E-state index contributed by atoms with van der Waals surface area (Å²) in [6.07, 6.45) is -1.48. The fourth-order valence-corrected chi connectivity index (χ4v) is 2.72. The number of aromatic nitrogens is 1. The number of halogens is 2. The second-order valence-corrected chi connectivity index (χ2v) is 6.86. The summed E-state index contributed by atoms with van der Waals surface area (Å²) in [6, 6.07) is 5.83. The van der Waals surface area contributed by atoms with Crippen LogP contribution < -0.4 is 10.8 Å². The summed E-state index contributed by atoms with van der Waals surface area (Å²) < 4.78 is 35.5. The highest BCUT2D eigenvalue weighted by atomic mass is 32.1. The zero-order valence-corrected chi connectivity index (χ0v) is 16.7. The zero-order chi connectivity index (χ0) is 22.1. The van der Waals surface area contributed by atoms with Gasteiger partial charge >= 0.3 is 0 Å². The number of amides is 2. The van der Waals surface area contributed by atoms with E-state index in [1.54, 1.807) is 24.4 Å². The van der Waals surface area contributed by atoms with Gasteiger partial charge in [-0.2, -0.15) is 4.37 Å². The van der Waals surface area contributed by atoms with Gasteiger partial charge in [-0.1, -0.05) is 5.92 Å². The average molecular weight is 433 g/mol. The number of hydroxylamine groups is 1. The van der Waals surface area contributed by atoms with Crippen molar-refractivity contribution < 1.29 is 28.3 Å². The van der Waals surface area contributed by atoms with E-state index in [1.165, 1.54) is 29.1 Å². The van der Waals surface area contributed by atoms with E-state index in [4.69, 9.17) is 9.94 Å². The van der Waals surface area contributed by atoms with Gasteiger partial charge < -0.3 is 10.1 Å². The Morgan fingerprint density at radius 2 is 1.87 bits per heavy atom. The molecule has 2 aromatic rings. The third kappa shape index (κ3) is 5.61. The Morgan fingerprint density at radius 3 is 2.40 bits per heavy atom. The van der Waals surface area contributed by atoms with Gasteiger partial charge in [-0.25, -0.2) is 14.3 Å². The molecule has 1 aromatic carbocycles. The number of hydrogen-bond donors (Lipinski definition) is 3. The molecule has 2 rings (SSSR count). The van der Waals surface area contributed by atoms with Crippen molar-refractivity contribution in [3.63, 3.8) is 0 Å². The van der Waals surface area contributed by atoms with Crippen molar-refractivity contribution in [1.82, 2.24) is 15.2 Å². The number of nitrogens with one attached hydrogen (secondary N) is 2. The molecule has 2 atom stereocenters. The van der Waals surface area contributed by atoms with Crippen molar-refractivity contribution in [3.8, 4) is 23.7 Å². The predicted octanol–water partition coefficient (Wildman–Crippen LogP) is 1.82. The number of ether oxygens (including phenoxy) is 1. The lowest BCUT2D eigenvalue weighted by atomic mass is 9.95. The molecule has 0 fully saturated rings. The standard InChI is InChI=1S/C20H17F2N3O4S/c1-20(29-2,19(21)22)16(18(27)25-28)24-17(26)14-9-7-13(8-10-14)5-3-4-6-15-11-12-23-30-15/h7-12,16,19,28H,1-2H3,(H,24,26)(H,25,27)/t16-,20?/m1/s1. The minimum atomic E-state index is -3.12. The highest BCUT2D eigenvalue weighted by Gasteiger charge is 2.48. The highest BCUT2D eigenvalue weighted by molar-refractivity contribution is 7.06. The van der Waals surface area contributed by atoms with Crippen LogP contribution in [-0.4, -0.2) is 46.6 Å².